The van der Waals surface area contributed by atoms with Crippen molar-refractivity contribution in [2.45, 2.75) is 37.9 Å². The van der Waals surface area contributed by atoms with Gasteiger partial charge in [-0.2, -0.15) is 0 Å². The summed E-state index contributed by atoms with van der Waals surface area (Å²) in [5, 5.41) is 9.55. The first kappa shape index (κ1) is 12.3. The van der Waals surface area contributed by atoms with Gasteiger partial charge in [0.25, 0.3) is 0 Å². The van der Waals surface area contributed by atoms with Gasteiger partial charge in [0.05, 0.1) is 18.0 Å². The lowest BCUT2D eigenvalue weighted by molar-refractivity contribution is 0.126. The van der Waals surface area contributed by atoms with Gasteiger partial charge in [-0.05, 0) is 31.6 Å². The van der Waals surface area contributed by atoms with E-state index in [1.807, 2.05) is 0 Å². The lowest BCUT2D eigenvalue weighted by Crippen LogP contribution is -2.37. The maximum Gasteiger partial charge on any atom is 0.214 e. The third-order valence-corrected chi connectivity index (χ3v) is 4.52. The first-order chi connectivity index (χ1) is 7.57. The molecule has 1 heterocycles. The lowest BCUT2D eigenvalue weighted by atomic mass is 10.2. The zero-order valence-electron chi connectivity index (χ0n) is 9.26. The van der Waals surface area contributed by atoms with E-state index in [0.29, 0.717) is 12.5 Å². The summed E-state index contributed by atoms with van der Waals surface area (Å²) in [6.07, 6.45) is 3.06. The SMILES string of the molecule is O=S(=O)(CC1CCCO1)NCC(O)C1CC1. The van der Waals surface area contributed by atoms with E-state index < -0.39 is 16.1 Å². The van der Waals surface area contributed by atoms with Gasteiger partial charge in [-0.25, -0.2) is 13.1 Å². The van der Waals surface area contributed by atoms with Crippen molar-refractivity contribution in [2.24, 2.45) is 5.92 Å². The molecule has 2 aliphatic rings. The summed E-state index contributed by atoms with van der Waals surface area (Å²) in [4.78, 5) is 0. The van der Waals surface area contributed by atoms with Gasteiger partial charge in [-0.3, -0.25) is 0 Å². The quantitative estimate of drug-likeness (QED) is 0.687. The molecule has 0 bridgehead atoms. The summed E-state index contributed by atoms with van der Waals surface area (Å²) in [7, 11) is -3.30. The zero-order chi connectivity index (χ0) is 11.6. The molecular weight excluding hydrogens is 230 g/mol. The fourth-order valence-corrected chi connectivity index (χ4v) is 3.23. The average Bonchev–Trinajstić information content (AvgIpc) is 2.96. The molecule has 6 heteroatoms. The van der Waals surface area contributed by atoms with E-state index in [-0.39, 0.29) is 18.4 Å². The zero-order valence-corrected chi connectivity index (χ0v) is 10.1. The summed E-state index contributed by atoms with van der Waals surface area (Å²) in [6, 6.07) is 0. The second kappa shape index (κ2) is 5.00. The molecule has 2 fully saturated rings. The summed E-state index contributed by atoms with van der Waals surface area (Å²) >= 11 is 0. The molecule has 16 heavy (non-hydrogen) atoms. The van der Waals surface area contributed by atoms with Crippen LogP contribution in [-0.4, -0.2) is 44.6 Å². The smallest absolute Gasteiger partial charge is 0.214 e. The topological polar surface area (TPSA) is 75.6 Å². The molecule has 2 rings (SSSR count). The maximum atomic E-state index is 11.6. The van der Waals surface area contributed by atoms with Crippen molar-refractivity contribution < 1.29 is 18.3 Å². The van der Waals surface area contributed by atoms with Gasteiger partial charge in [0.2, 0.25) is 10.0 Å². The number of ether oxygens (including phenoxy) is 1. The number of hydrogen-bond acceptors (Lipinski definition) is 4. The van der Waals surface area contributed by atoms with E-state index in [4.69, 9.17) is 4.74 Å². The average molecular weight is 249 g/mol. The van der Waals surface area contributed by atoms with Crippen molar-refractivity contribution in [3.8, 4) is 0 Å². The van der Waals surface area contributed by atoms with Gasteiger partial charge in [0.1, 0.15) is 0 Å². The highest BCUT2D eigenvalue weighted by molar-refractivity contribution is 7.89. The molecule has 2 unspecified atom stereocenters. The molecule has 2 N–H and O–H groups in total. The van der Waals surface area contributed by atoms with Gasteiger partial charge in [0, 0.05) is 13.2 Å². The number of hydrogen-bond donors (Lipinski definition) is 2. The van der Waals surface area contributed by atoms with Crippen LogP contribution in [0.15, 0.2) is 0 Å². The Morgan fingerprint density at radius 2 is 2.12 bits per heavy atom. The van der Waals surface area contributed by atoms with Gasteiger partial charge < -0.3 is 9.84 Å². The van der Waals surface area contributed by atoms with Crippen LogP contribution >= 0.6 is 0 Å². The molecule has 1 aliphatic carbocycles. The number of rotatable bonds is 6. The highest BCUT2D eigenvalue weighted by Crippen LogP contribution is 2.32. The third-order valence-electron chi connectivity index (χ3n) is 3.11. The molecule has 0 amide bonds. The van der Waals surface area contributed by atoms with Crippen LogP contribution in [-0.2, 0) is 14.8 Å². The second-order valence-electron chi connectivity index (χ2n) is 4.67. The van der Waals surface area contributed by atoms with E-state index in [1.54, 1.807) is 0 Å². The summed E-state index contributed by atoms with van der Waals surface area (Å²) in [5.74, 6) is 0.315. The molecule has 0 radical (unpaired) electrons. The molecule has 2 atom stereocenters. The first-order valence-corrected chi connectivity index (χ1v) is 7.49. The van der Waals surface area contributed by atoms with Crippen molar-refractivity contribution in [3.05, 3.63) is 0 Å². The highest BCUT2D eigenvalue weighted by Gasteiger charge is 2.31. The van der Waals surface area contributed by atoms with Crippen LogP contribution in [0.25, 0.3) is 0 Å². The van der Waals surface area contributed by atoms with Gasteiger partial charge in [0.15, 0.2) is 0 Å². The van der Waals surface area contributed by atoms with E-state index in [0.717, 1.165) is 25.7 Å². The van der Waals surface area contributed by atoms with Gasteiger partial charge >= 0.3 is 0 Å². The van der Waals surface area contributed by atoms with E-state index >= 15 is 0 Å². The normalized spacial score (nSPS) is 28.2. The van der Waals surface area contributed by atoms with E-state index in [9.17, 15) is 13.5 Å². The Morgan fingerprint density at radius 1 is 1.38 bits per heavy atom. The van der Waals surface area contributed by atoms with Crippen LogP contribution in [0, 0.1) is 5.92 Å². The number of sulfonamides is 1. The maximum absolute atomic E-state index is 11.6. The van der Waals surface area contributed by atoms with Crippen LogP contribution in [0.3, 0.4) is 0 Å². The molecule has 1 saturated carbocycles. The van der Waals surface area contributed by atoms with Crippen LogP contribution in [0.4, 0.5) is 0 Å². The molecule has 94 valence electrons. The van der Waals surface area contributed by atoms with E-state index in [2.05, 4.69) is 4.72 Å². The van der Waals surface area contributed by atoms with E-state index in [1.165, 1.54) is 0 Å². The fraction of sp³-hybridized carbons (Fsp3) is 1.00. The summed E-state index contributed by atoms with van der Waals surface area (Å²) in [6.45, 7) is 0.796. The third kappa shape index (κ3) is 3.69. The van der Waals surface area contributed by atoms with Crippen molar-refractivity contribution in [1.82, 2.24) is 4.72 Å². The molecule has 5 nitrogen and oxygen atoms in total. The minimum absolute atomic E-state index is 0.0182. The minimum Gasteiger partial charge on any atom is -0.391 e. The molecular formula is C10H19NO4S. The lowest BCUT2D eigenvalue weighted by Gasteiger charge is -2.13. The molecule has 1 aliphatic heterocycles. The monoisotopic (exact) mass is 249 g/mol. The Balaban J connectivity index is 1.73. The Labute approximate surface area is 96.2 Å². The Morgan fingerprint density at radius 3 is 2.69 bits per heavy atom. The summed E-state index contributed by atoms with van der Waals surface area (Å²) < 4.78 is 31.0. The molecule has 1 saturated heterocycles. The number of aliphatic hydroxyl groups is 1. The Hall–Kier alpha value is -0.170. The standard InChI is InChI=1S/C10H19NO4S/c12-10(8-3-4-8)6-11-16(13,14)7-9-2-1-5-15-9/h8-12H,1-7H2. The first-order valence-electron chi connectivity index (χ1n) is 5.84. The Bertz CT molecular complexity index is 320. The van der Waals surface area contributed by atoms with Crippen molar-refractivity contribution >= 4 is 10.0 Å². The van der Waals surface area contributed by atoms with Crippen LogP contribution in [0.1, 0.15) is 25.7 Å². The van der Waals surface area contributed by atoms with Gasteiger partial charge in [-0.1, -0.05) is 0 Å². The van der Waals surface area contributed by atoms with Crippen molar-refractivity contribution in [2.75, 3.05) is 18.9 Å². The Kier molecular flexibility index (Phi) is 3.84. The summed E-state index contributed by atoms with van der Waals surface area (Å²) in [5.41, 5.74) is 0. The predicted octanol–water partition coefficient (Wildman–Crippen LogP) is -0.144. The highest BCUT2D eigenvalue weighted by atomic mass is 32.2. The molecule has 0 spiro atoms. The molecule has 0 aromatic heterocycles. The van der Waals surface area contributed by atoms with Crippen LogP contribution in [0.2, 0.25) is 0 Å². The van der Waals surface area contributed by atoms with Crippen LogP contribution < -0.4 is 4.72 Å². The largest absolute Gasteiger partial charge is 0.391 e. The van der Waals surface area contributed by atoms with Crippen LogP contribution in [0.5, 0.6) is 0 Å². The molecule has 0 aromatic carbocycles. The second-order valence-corrected chi connectivity index (χ2v) is 6.52. The van der Waals surface area contributed by atoms with Crippen molar-refractivity contribution in [3.63, 3.8) is 0 Å². The molecule has 0 aromatic rings. The van der Waals surface area contributed by atoms with Gasteiger partial charge in [-0.15, -0.1) is 0 Å². The van der Waals surface area contributed by atoms with Crippen molar-refractivity contribution in [1.29, 1.82) is 0 Å². The predicted molar refractivity (Wildman–Crippen MR) is 59.5 cm³/mol. The number of aliphatic hydroxyl groups excluding tert-OH is 1. The number of nitrogens with one attached hydrogen (secondary N) is 1. The minimum atomic E-state index is -3.30. The fourth-order valence-electron chi connectivity index (χ4n) is 1.94.